The Morgan fingerprint density at radius 3 is 2.94 bits per heavy atom. The van der Waals surface area contributed by atoms with Crippen molar-refractivity contribution in [3.63, 3.8) is 0 Å². The van der Waals surface area contributed by atoms with Crippen LogP contribution in [-0.4, -0.2) is 46.6 Å². The van der Waals surface area contributed by atoms with Crippen LogP contribution >= 0.6 is 0 Å². The van der Waals surface area contributed by atoms with Crippen molar-refractivity contribution in [2.24, 2.45) is 0 Å². The largest absolute Gasteiger partial charge is 0.394 e. The van der Waals surface area contributed by atoms with E-state index in [-0.39, 0.29) is 24.9 Å². The third-order valence-electron chi connectivity index (χ3n) is 3.07. The van der Waals surface area contributed by atoms with Crippen LogP contribution in [-0.2, 0) is 11.3 Å². The number of hydrogen-bond acceptors (Lipinski definition) is 5. The molecule has 2 N–H and O–H groups in total. The number of aromatic nitrogens is 1. The predicted octanol–water partition coefficient (Wildman–Crippen LogP) is 0.550. The van der Waals surface area contributed by atoms with Crippen LogP contribution in [0.3, 0.4) is 0 Å². The number of pyridine rings is 1. The molecular weight excluding hydrogens is 232 g/mol. The van der Waals surface area contributed by atoms with Gasteiger partial charge in [-0.25, -0.2) is 0 Å². The highest BCUT2D eigenvalue weighted by Gasteiger charge is 2.33. The maximum absolute atomic E-state index is 9.35. The predicted molar refractivity (Wildman–Crippen MR) is 68.4 cm³/mol. The Morgan fingerprint density at radius 2 is 2.28 bits per heavy atom. The van der Waals surface area contributed by atoms with Gasteiger partial charge in [0.1, 0.15) is 0 Å². The van der Waals surface area contributed by atoms with Gasteiger partial charge in [-0.1, -0.05) is 0 Å². The maximum Gasteiger partial charge on any atom is 0.0988 e. The van der Waals surface area contributed by atoms with Crippen LogP contribution in [0, 0.1) is 0 Å². The van der Waals surface area contributed by atoms with E-state index in [1.54, 1.807) is 12.4 Å². The topological polar surface area (TPSA) is 65.8 Å². The number of morpholine rings is 1. The summed E-state index contributed by atoms with van der Waals surface area (Å²) < 4.78 is 5.78. The fraction of sp³-hybridized carbons (Fsp3) is 0.615. The van der Waals surface area contributed by atoms with Crippen molar-refractivity contribution in [3.8, 4) is 0 Å². The normalized spacial score (nSPS) is 23.1. The number of aliphatic hydroxyl groups is 2. The van der Waals surface area contributed by atoms with Crippen molar-refractivity contribution in [2.75, 3.05) is 24.6 Å². The van der Waals surface area contributed by atoms with Gasteiger partial charge in [-0.2, -0.15) is 0 Å². The zero-order chi connectivity index (χ0) is 13.2. The average molecular weight is 252 g/mol. The molecule has 18 heavy (non-hydrogen) atoms. The molecule has 5 heteroatoms. The minimum atomic E-state index is -0.318. The number of nitrogens with zero attached hydrogens (tertiary/aromatic N) is 2. The van der Waals surface area contributed by atoms with Gasteiger partial charge in [0.05, 0.1) is 24.9 Å². The third-order valence-corrected chi connectivity index (χ3v) is 3.07. The van der Waals surface area contributed by atoms with E-state index in [1.165, 1.54) is 0 Å². The van der Waals surface area contributed by atoms with Gasteiger partial charge in [0.25, 0.3) is 0 Å². The van der Waals surface area contributed by atoms with Crippen molar-refractivity contribution >= 4 is 5.69 Å². The van der Waals surface area contributed by atoms with E-state index in [1.807, 2.05) is 19.9 Å². The number of hydrogen-bond donors (Lipinski definition) is 2. The molecule has 2 rings (SSSR count). The number of anilines is 1. The van der Waals surface area contributed by atoms with Gasteiger partial charge in [-0.15, -0.1) is 0 Å². The van der Waals surface area contributed by atoms with Crippen LogP contribution in [0.25, 0.3) is 0 Å². The van der Waals surface area contributed by atoms with Crippen molar-refractivity contribution in [1.29, 1.82) is 0 Å². The SMILES string of the molecule is CC1(C)CN(c2ccncc2CO)CC(CO)O1. The Labute approximate surface area is 107 Å². The molecule has 0 saturated carbocycles. The molecular formula is C13H20N2O3. The Bertz CT molecular complexity index is 409. The van der Waals surface area contributed by atoms with Gasteiger partial charge in [-0.3, -0.25) is 4.98 Å². The monoisotopic (exact) mass is 252 g/mol. The summed E-state index contributed by atoms with van der Waals surface area (Å²) in [5.74, 6) is 0. The molecule has 1 aromatic rings. The quantitative estimate of drug-likeness (QED) is 0.822. The third kappa shape index (κ3) is 2.80. The Balaban J connectivity index is 2.26. The summed E-state index contributed by atoms with van der Waals surface area (Å²) in [7, 11) is 0. The molecule has 0 aromatic carbocycles. The van der Waals surface area contributed by atoms with Crippen molar-refractivity contribution in [1.82, 2.24) is 4.98 Å². The van der Waals surface area contributed by atoms with E-state index in [9.17, 15) is 10.2 Å². The lowest BCUT2D eigenvalue weighted by molar-refractivity contribution is -0.101. The van der Waals surface area contributed by atoms with Crippen LogP contribution in [0.2, 0.25) is 0 Å². The van der Waals surface area contributed by atoms with Crippen LogP contribution < -0.4 is 4.90 Å². The van der Waals surface area contributed by atoms with Gasteiger partial charge in [0.2, 0.25) is 0 Å². The Hall–Kier alpha value is -1.17. The molecule has 0 amide bonds. The van der Waals surface area contributed by atoms with Gasteiger partial charge in [0.15, 0.2) is 0 Å². The van der Waals surface area contributed by atoms with Gasteiger partial charge < -0.3 is 19.8 Å². The first-order valence-corrected chi connectivity index (χ1v) is 6.13. The minimum absolute atomic E-state index is 0.000524. The van der Waals surface area contributed by atoms with Gasteiger partial charge >= 0.3 is 0 Å². The molecule has 0 spiro atoms. The second-order valence-electron chi connectivity index (χ2n) is 5.23. The lowest BCUT2D eigenvalue weighted by Crippen LogP contribution is -2.54. The molecule has 0 aliphatic carbocycles. The van der Waals surface area contributed by atoms with E-state index >= 15 is 0 Å². The molecule has 2 heterocycles. The molecule has 1 fully saturated rings. The molecule has 5 nitrogen and oxygen atoms in total. The number of aliphatic hydroxyl groups excluding tert-OH is 2. The van der Waals surface area contributed by atoms with Crippen molar-refractivity contribution in [2.45, 2.75) is 32.2 Å². The molecule has 0 radical (unpaired) electrons. The van der Waals surface area contributed by atoms with E-state index in [0.717, 1.165) is 17.8 Å². The fourth-order valence-electron chi connectivity index (χ4n) is 2.42. The van der Waals surface area contributed by atoms with Gasteiger partial charge in [0, 0.05) is 36.7 Å². The molecule has 1 aliphatic rings. The fourth-order valence-corrected chi connectivity index (χ4v) is 2.42. The van der Waals surface area contributed by atoms with Crippen LogP contribution in [0.1, 0.15) is 19.4 Å². The van der Waals surface area contributed by atoms with Gasteiger partial charge in [-0.05, 0) is 19.9 Å². The maximum atomic E-state index is 9.35. The van der Waals surface area contributed by atoms with E-state index < -0.39 is 0 Å². The Kier molecular flexibility index (Phi) is 3.85. The van der Waals surface area contributed by atoms with Crippen molar-refractivity contribution in [3.05, 3.63) is 24.0 Å². The van der Waals surface area contributed by atoms with Crippen LogP contribution in [0.5, 0.6) is 0 Å². The first-order chi connectivity index (χ1) is 8.55. The van der Waals surface area contributed by atoms with E-state index in [2.05, 4.69) is 9.88 Å². The Morgan fingerprint density at radius 1 is 1.50 bits per heavy atom. The molecule has 1 aliphatic heterocycles. The zero-order valence-electron chi connectivity index (χ0n) is 10.8. The molecule has 100 valence electrons. The first kappa shape index (κ1) is 13.3. The highest BCUT2D eigenvalue weighted by molar-refractivity contribution is 5.52. The zero-order valence-corrected chi connectivity index (χ0v) is 10.8. The lowest BCUT2D eigenvalue weighted by Gasteiger charge is -2.43. The van der Waals surface area contributed by atoms with E-state index in [4.69, 9.17) is 4.74 Å². The molecule has 1 unspecified atom stereocenters. The number of rotatable bonds is 3. The standard InChI is InChI=1S/C13H20N2O3/c1-13(2)9-15(6-11(8-17)18-13)12-3-4-14-5-10(12)7-16/h3-5,11,16-17H,6-9H2,1-2H3. The minimum Gasteiger partial charge on any atom is -0.394 e. The average Bonchev–Trinajstić information content (AvgIpc) is 2.36. The highest BCUT2D eigenvalue weighted by atomic mass is 16.5. The molecule has 1 aromatic heterocycles. The summed E-state index contributed by atoms with van der Waals surface area (Å²) in [6.07, 6.45) is 3.19. The summed E-state index contributed by atoms with van der Waals surface area (Å²) in [6, 6.07) is 1.89. The summed E-state index contributed by atoms with van der Waals surface area (Å²) in [5.41, 5.74) is 1.44. The summed E-state index contributed by atoms with van der Waals surface area (Å²) in [6.45, 7) is 5.31. The lowest BCUT2D eigenvalue weighted by atomic mass is 10.0. The molecule has 1 atom stereocenters. The number of ether oxygens (including phenoxy) is 1. The second-order valence-corrected chi connectivity index (χ2v) is 5.23. The van der Waals surface area contributed by atoms with E-state index in [0.29, 0.717) is 6.54 Å². The summed E-state index contributed by atoms with van der Waals surface area (Å²) in [4.78, 5) is 6.16. The summed E-state index contributed by atoms with van der Waals surface area (Å²) in [5, 5.41) is 18.7. The van der Waals surface area contributed by atoms with Crippen LogP contribution in [0.15, 0.2) is 18.5 Å². The first-order valence-electron chi connectivity index (χ1n) is 6.13. The summed E-state index contributed by atoms with van der Waals surface area (Å²) >= 11 is 0. The van der Waals surface area contributed by atoms with Crippen molar-refractivity contribution < 1.29 is 14.9 Å². The molecule has 0 bridgehead atoms. The molecule has 1 saturated heterocycles. The highest BCUT2D eigenvalue weighted by Crippen LogP contribution is 2.28. The second kappa shape index (κ2) is 5.22. The smallest absolute Gasteiger partial charge is 0.0988 e. The van der Waals surface area contributed by atoms with Crippen LogP contribution in [0.4, 0.5) is 5.69 Å².